The molecule has 0 spiro atoms. The molecule has 0 N–H and O–H groups in total. The van der Waals surface area contributed by atoms with Crippen molar-refractivity contribution in [1.82, 2.24) is 9.88 Å². The Morgan fingerprint density at radius 2 is 2.10 bits per heavy atom. The van der Waals surface area contributed by atoms with Gasteiger partial charge >= 0.3 is 0 Å². The van der Waals surface area contributed by atoms with Gasteiger partial charge in [-0.05, 0) is 26.0 Å². The zero-order valence-corrected chi connectivity index (χ0v) is 13.2. The van der Waals surface area contributed by atoms with Gasteiger partial charge < -0.3 is 4.90 Å². The summed E-state index contributed by atoms with van der Waals surface area (Å²) >= 11 is 0. The predicted molar refractivity (Wildman–Crippen MR) is 79.5 cm³/mol. The fraction of sp³-hybridized carbons (Fsp3) is 0.500. The molecule has 114 valence electrons. The Kier molecular flexibility index (Phi) is 5.85. The third kappa shape index (κ3) is 4.53. The van der Waals surface area contributed by atoms with Gasteiger partial charge in [0, 0.05) is 24.5 Å². The first kappa shape index (κ1) is 17.1. The van der Waals surface area contributed by atoms with Crippen LogP contribution in [0, 0.1) is 11.3 Å². The summed E-state index contributed by atoms with van der Waals surface area (Å²) in [5.74, 6) is -0.349. The lowest BCUT2D eigenvalue weighted by Gasteiger charge is -2.27. The third-order valence-electron chi connectivity index (χ3n) is 3.18. The Bertz CT molecular complexity index is 632. The summed E-state index contributed by atoms with van der Waals surface area (Å²) in [5.41, 5.74) is 0.577. The van der Waals surface area contributed by atoms with Gasteiger partial charge in [-0.2, -0.15) is 5.26 Å². The quantitative estimate of drug-likeness (QED) is 0.788. The van der Waals surface area contributed by atoms with Crippen LogP contribution in [-0.4, -0.2) is 48.3 Å². The van der Waals surface area contributed by atoms with Gasteiger partial charge in [0.25, 0.3) is 5.91 Å². The normalized spacial score (nSPS) is 12.5. The molecule has 7 heteroatoms. The molecule has 1 rings (SSSR count). The van der Waals surface area contributed by atoms with E-state index >= 15 is 0 Å². The number of nitrogens with zero attached hydrogens (tertiary/aromatic N) is 3. The average Bonchev–Trinajstić information content (AvgIpc) is 2.47. The van der Waals surface area contributed by atoms with E-state index in [4.69, 9.17) is 5.26 Å². The summed E-state index contributed by atoms with van der Waals surface area (Å²) in [6.07, 6.45) is 1.33. The second-order valence-electron chi connectivity index (χ2n) is 4.68. The fourth-order valence-electron chi connectivity index (χ4n) is 1.96. The number of amides is 1. The van der Waals surface area contributed by atoms with E-state index in [2.05, 4.69) is 4.98 Å². The van der Waals surface area contributed by atoms with Crippen molar-refractivity contribution >= 4 is 15.7 Å². The van der Waals surface area contributed by atoms with E-state index in [-0.39, 0.29) is 23.1 Å². The molecule has 0 aliphatic rings. The van der Waals surface area contributed by atoms with E-state index in [9.17, 15) is 13.2 Å². The standard InChI is InChI=1S/C14H19N3O3S/c1-4-17(11(3)10-21(19,20)5-2)14(18)13-7-6-12(8-15)9-16-13/h6-7,9,11H,4-5,10H2,1-3H3. The molecule has 0 saturated heterocycles. The van der Waals surface area contributed by atoms with Crippen LogP contribution in [0.4, 0.5) is 0 Å². The SMILES string of the molecule is CCN(C(=O)c1ccc(C#N)cn1)C(C)CS(=O)(=O)CC. The monoisotopic (exact) mass is 309 g/mol. The summed E-state index contributed by atoms with van der Waals surface area (Å²) in [6, 6.07) is 4.50. The van der Waals surface area contributed by atoms with Crippen molar-refractivity contribution in [3.8, 4) is 6.07 Å². The molecule has 1 unspecified atom stereocenters. The maximum absolute atomic E-state index is 12.4. The van der Waals surface area contributed by atoms with Crippen LogP contribution in [0.1, 0.15) is 36.8 Å². The van der Waals surface area contributed by atoms with Gasteiger partial charge in [-0.3, -0.25) is 4.79 Å². The van der Waals surface area contributed by atoms with Gasteiger partial charge in [-0.25, -0.2) is 13.4 Å². The molecule has 0 bridgehead atoms. The van der Waals surface area contributed by atoms with Gasteiger partial charge in [-0.15, -0.1) is 0 Å². The van der Waals surface area contributed by atoms with Gasteiger partial charge in [0.05, 0.1) is 11.3 Å². The molecule has 1 heterocycles. The summed E-state index contributed by atoms with van der Waals surface area (Å²) in [4.78, 5) is 17.8. The third-order valence-corrected chi connectivity index (χ3v) is 5.05. The molecule has 21 heavy (non-hydrogen) atoms. The molecule has 1 aromatic rings. The average molecular weight is 309 g/mol. The van der Waals surface area contributed by atoms with Crippen LogP contribution in [0.15, 0.2) is 18.3 Å². The van der Waals surface area contributed by atoms with Gasteiger partial charge in [0.15, 0.2) is 9.84 Å². The number of pyridine rings is 1. The minimum Gasteiger partial charge on any atom is -0.334 e. The zero-order valence-electron chi connectivity index (χ0n) is 12.4. The number of sulfone groups is 1. The van der Waals surface area contributed by atoms with E-state index in [1.54, 1.807) is 20.8 Å². The molecular weight excluding hydrogens is 290 g/mol. The lowest BCUT2D eigenvalue weighted by atomic mass is 10.2. The number of aromatic nitrogens is 1. The van der Waals surface area contributed by atoms with Crippen LogP contribution in [0.3, 0.4) is 0 Å². The van der Waals surface area contributed by atoms with Crippen molar-refractivity contribution < 1.29 is 13.2 Å². The van der Waals surface area contributed by atoms with Crippen molar-refractivity contribution in [2.45, 2.75) is 26.8 Å². The lowest BCUT2D eigenvalue weighted by molar-refractivity contribution is 0.0713. The highest BCUT2D eigenvalue weighted by Crippen LogP contribution is 2.09. The van der Waals surface area contributed by atoms with E-state index in [1.807, 2.05) is 6.07 Å². The second-order valence-corrected chi connectivity index (χ2v) is 7.08. The zero-order chi connectivity index (χ0) is 16.0. The summed E-state index contributed by atoms with van der Waals surface area (Å²) in [7, 11) is -3.16. The van der Waals surface area contributed by atoms with Crippen molar-refractivity contribution in [2.24, 2.45) is 0 Å². The van der Waals surface area contributed by atoms with Crippen molar-refractivity contribution in [3.63, 3.8) is 0 Å². The van der Waals surface area contributed by atoms with Crippen LogP contribution in [0.5, 0.6) is 0 Å². The van der Waals surface area contributed by atoms with E-state index < -0.39 is 15.9 Å². The molecule has 0 aliphatic heterocycles. The number of nitriles is 1. The highest BCUT2D eigenvalue weighted by atomic mass is 32.2. The smallest absolute Gasteiger partial charge is 0.272 e. The molecule has 1 aromatic heterocycles. The minimum absolute atomic E-state index is 0.0538. The first-order chi connectivity index (χ1) is 9.84. The molecule has 6 nitrogen and oxygen atoms in total. The number of carbonyl (C=O) groups is 1. The van der Waals surface area contributed by atoms with Gasteiger partial charge in [0.2, 0.25) is 0 Å². The van der Waals surface area contributed by atoms with Crippen LogP contribution in [0.25, 0.3) is 0 Å². The largest absolute Gasteiger partial charge is 0.334 e. The Hall–Kier alpha value is -1.94. The van der Waals surface area contributed by atoms with Gasteiger partial charge in [0.1, 0.15) is 11.8 Å². The van der Waals surface area contributed by atoms with E-state index in [0.717, 1.165) is 0 Å². The molecule has 0 fully saturated rings. The Labute approximate surface area is 125 Å². The Morgan fingerprint density at radius 3 is 2.52 bits per heavy atom. The molecule has 0 aliphatic carbocycles. The Balaban J connectivity index is 2.93. The number of carbonyl (C=O) groups excluding carboxylic acids is 1. The number of hydrogen-bond acceptors (Lipinski definition) is 5. The maximum Gasteiger partial charge on any atom is 0.272 e. The summed E-state index contributed by atoms with van der Waals surface area (Å²) in [5, 5.41) is 8.71. The molecule has 0 radical (unpaired) electrons. The van der Waals surface area contributed by atoms with E-state index in [1.165, 1.54) is 23.2 Å². The molecule has 1 amide bonds. The summed E-state index contributed by atoms with van der Waals surface area (Å²) in [6.45, 7) is 5.47. The number of rotatable bonds is 6. The highest BCUT2D eigenvalue weighted by Gasteiger charge is 2.24. The van der Waals surface area contributed by atoms with Crippen LogP contribution in [-0.2, 0) is 9.84 Å². The highest BCUT2D eigenvalue weighted by molar-refractivity contribution is 7.91. The topological polar surface area (TPSA) is 91.1 Å². The second kappa shape index (κ2) is 7.18. The lowest BCUT2D eigenvalue weighted by Crippen LogP contribution is -2.42. The first-order valence-electron chi connectivity index (χ1n) is 6.72. The van der Waals surface area contributed by atoms with Crippen LogP contribution < -0.4 is 0 Å². The molecule has 0 saturated carbocycles. The fourth-order valence-corrected chi connectivity index (χ4v) is 3.12. The molecule has 0 aromatic carbocycles. The predicted octanol–water partition coefficient (Wildman–Crippen LogP) is 1.24. The van der Waals surface area contributed by atoms with Crippen LogP contribution >= 0.6 is 0 Å². The van der Waals surface area contributed by atoms with Crippen molar-refractivity contribution in [1.29, 1.82) is 5.26 Å². The molecule has 1 atom stereocenters. The van der Waals surface area contributed by atoms with E-state index in [0.29, 0.717) is 12.1 Å². The maximum atomic E-state index is 12.4. The summed E-state index contributed by atoms with van der Waals surface area (Å²) < 4.78 is 23.4. The van der Waals surface area contributed by atoms with Gasteiger partial charge in [-0.1, -0.05) is 6.92 Å². The minimum atomic E-state index is -3.16. The van der Waals surface area contributed by atoms with Crippen molar-refractivity contribution in [2.75, 3.05) is 18.1 Å². The Morgan fingerprint density at radius 1 is 1.43 bits per heavy atom. The number of hydrogen-bond donors (Lipinski definition) is 0. The molecular formula is C14H19N3O3S. The van der Waals surface area contributed by atoms with Crippen LogP contribution in [0.2, 0.25) is 0 Å². The van der Waals surface area contributed by atoms with Crippen molar-refractivity contribution in [3.05, 3.63) is 29.6 Å². The first-order valence-corrected chi connectivity index (χ1v) is 8.54.